The standard InChI is InChI=1S/C16H17ClFNO2/c1-21-15-5-3-2-4-11(15)13(9-19)16(20)12-7-6-10(17)8-14(12)18/h2-8,13,16,20H,9,19H2,1H3. The largest absolute Gasteiger partial charge is 0.496 e. The minimum atomic E-state index is -1.08. The molecule has 0 aliphatic rings. The number of aliphatic hydroxyl groups is 1. The van der Waals surface area contributed by atoms with E-state index in [9.17, 15) is 9.50 Å². The lowest BCUT2D eigenvalue weighted by Crippen LogP contribution is -2.21. The van der Waals surface area contributed by atoms with Crippen LogP contribution in [0, 0.1) is 5.82 Å². The van der Waals surface area contributed by atoms with Crippen LogP contribution in [0.25, 0.3) is 0 Å². The fraction of sp³-hybridized carbons (Fsp3) is 0.250. The monoisotopic (exact) mass is 309 g/mol. The Labute approximate surface area is 128 Å². The Bertz CT molecular complexity index is 621. The van der Waals surface area contributed by atoms with Crippen molar-refractivity contribution in [2.45, 2.75) is 12.0 Å². The zero-order valence-electron chi connectivity index (χ0n) is 11.6. The molecule has 3 nitrogen and oxygen atoms in total. The van der Waals surface area contributed by atoms with E-state index in [1.54, 1.807) is 19.2 Å². The van der Waals surface area contributed by atoms with E-state index >= 15 is 0 Å². The van der Waals surface area contributed by atoms with Crippen molar-refractivity contribution in [2.24, 2.45) is 5.73 Å². The molecule has 0 spiro atoms. The Morgan fingerprint density at radius 3 is 2.57 bits per heavy atom. The second-order valence-corrected chi connectivity index (χ2v) is 5.13. The summed E-state index contributed by atoms with van der Waals surface area (Å²) in [4.78, 5) is 0. The van der Waals surface area contributed by atoms with Crippen molar-refractivity contribution in [1.29, 1.82) is 0 Å². The van der Waals surface area contributed by atoms with Crippen LogP contribution in [0.3, 0.4) is 0 Å². The van der Waals surface area contributed by atoms with Gasteiger partial charge in [0.25, 0.3) is 0 Å². The maximum atomic E-state index is 14.0. The summed E-state index contributed by atoms with van der Waals surface area (Å²) in [6, 6.07) is 11.4. The van der Waals surface area contributed by atoms with E-state index in [4.69, 9.17) is 22.1 Å². The Balaban J connectivity index is 2.40. The van der Waals surface area contributed by atoms with Crippen LogP contribution < -0.4 is 10.5 Å². The molecule has 2 atom stereocenters. The highest BCUT2D eigenvalue weighted by atomic mass is 35.5. The van der Waals surface area contributed by atoms with E-state index in [1.807, 2.05) is 18.2 Å². The highest BCUT2D eigenvalue weighted by Gasteiger charge is 2.26. The first-order valence-corrected chi connectivity index (χ1v) is 6.92. The van der Waals surface area contributed by atoms with Gasteiger partial charge in [-0.3, -0.25) is 0 Å². The van der Waals surface area contributed by atoms with E-state index in [2.05, 4.69) is 0 Å². The van der Waals surface area contributed by atoms with Gasteiger partial charge < -0.3 is 15.6 Å². The summed E-state index contributed by atoms with van der Waals surface area (Å²) in [7, 11) is 1.54. The predicted molar refractivity (Wildman–Crippen MR) is 81.2 cm³/mol. The zero-order chi connectivity index (χ0) is 15.4. The van der Waals surface area contributed by atoms with Crippen molar-refractivity contribution in [3.05, 3.63) is 64.4 Å². The molecule has 2 rings (SSSR count). The van der Waals surface area contributed by atoms with Gasteiger partial charge in [-0.1, -0.05) is 35.9 Å². The molecule has 0 bridgehead atoms. The van der Waals surface area contributed by atoms with Crippen molar-refractivity contribution in [1.82, 2.24) is 0 Å². The van der Waals surface area contributed by atoms with Gasteiger partial charge in [0.15, 0.2) is 0 Å². The van der Waals surface area contributed by atoms with Crippen LogP contribution in [-0.4, -0.2) is 18.8 Å². The minimum Gasteiger partial charge on any atom is -0.496 e. The van der Waals surface area contributed by atoms with Gasteiger partial charge in [0.2, 0.25) is 0 Å². The topological polar surface area (TPSA) is 55.5 Å². The lowest BCUT2D eigenvalue weighted by molar-refractivity contribution is 0.141. The number of halogens is 2. The first-order chi connectivity index (χ1) is 10.1. The average Bonchev–Trinajstić information content (AvgIpc) is 2.48. The molecule has 21 heavy (non-hydrogen) atoms. The highest BCUT2D eigenvalue weighted by molar-refractivity contribution is 6.30. The summed E-state index contributed by atoms with van der Waals surface area (Å²) in [5.74, 6) is -0.415. The SMILES string of the molecule is COc1ccccc1C(CN)C(O)c1ccc(Cl)cc1F. The van der Waals surface area contributed by atoms with E-state index in [0.717, 1.165) is 5.56 Å². The quantitative estimate of drug-likeness (QED) is 0.891. The fourth-order valence-corrected chi connectivity index (χ4v) is 2.52. The van der Waals surface area contributed by atoms with Gasteiger partial charge in [-0.25, -0.2) is 4.39 Å². The van der Waals surface area contributed by atoms with Crippen LogP contribution in [-0.2, 0) is 0 Å². The number of ether oxygens (including phenoxy) is 1. The van der Waals surface area contributed by atoms with Crippen LogP contribution in [0.5, 0.6) is 5.75 Å². The second-order valence-electron chi connectivity index (χ2n) is 4.69. The number of nitrogens with two attached hydrogens (primary N) is 1. The number of hydrogen-bond acceptors (Lipinski definition) is 3. The average molecular weight is 310 g/mol. The van der Waals surface area contributed by atoms with Crippen LogP contribution >= 0.6 is 11.6 Å². The molecule has 0 saturated heterocycles. The van der Waals surface area contributed by atoms with Gasteiger partial charge in [-0.2, -0.15) is 0 Å². The van der Waals surface area contributed by atoms with Gasteiger partial charge in [-0.15, -0.1) is 0 Å². The molecular formula is C16H17ClFNO2. The summed E-state index contributed by atoms with van der Waals surface area (Å²) in [6.45, 7) is 0.156. The Morgan fingerprint density at radius 1 is 1.24 bits per heavy atom. The van der Waals surface area contributed by atoms with Crippen LogP contribution in [0.1, 0.15) is 23.1 Å². The fourth-order valence-electron chi connectivity index (χ4n) is 2.36. The lowest BCUT2D eigenvalue weighted by Gasteiger charge is -2.24. The van der Waals surface area contributed by atoms with Crippen LogP contribution in [0.2, 0.25) is 5.02 Å². The van der Waals surface area contributed by atoms with Crippen molar-refractivity contribution in [3.8, 4) is 5.75 Å². The smallest absolute Gasteiger partial charge is 0.130 e. The van der Waals surface area contributed by atoms with E-state index in [0.29, 0.717) is 5.75 Å². The zero-order valence-corrected chi connectivity index (χ0v) is 12.3. The highest BCUT2D eigenvalue weighted by Crippen LogP contribution is 2.36. The molecule has 3 N–H and O–H groups in total. The Hall–Kier alpha value is -1.62. The first-order valence-electron chi connectivity index (χ1n) is 6.54. The maximum absolute atomic E-state index is 14.0. The Morgan fingerprint density at radius 2 is 1.95 bits per heavy atom. The van der Waals surface area contributed by atoms with Gasteiger partial charge in [0.1, 0.15) is 11.6 Å². The van der Waals surface area contributed by atoms with Crippen molar-refractivity contribution < 1.29 is 14.2 Å². The van der Waals surface area contributed by atoms with Crippen molar-refractivity contribution in [3.63, 3.8) is 0 Å². The molecular weight excluding hydrogens is 293 g/mol. The number of hydrogen-bond donors (Lipinski definition) is 2. The number of aliphatic hydroxyl groups excluding tert-OH is 1. The molecule has 2 unspecified atom stereocenters. The number of rotatable bonds is 5. The summed E-state index contributed by atoms with van der Waals surface area (Å²) in [5, 5.41) is 10.8. The number of para-hydroxylation sites is 1. The predicted octanol–water partition coefficient (Wildman–Crippen LogP) is 3.26. The molecule has 0 amide bonds. The molecule has 0 radical (unpaired) electrons. The van der Waals surface area contributed by atoms with Crippen molar-refractivity contribution in [2.75, 3.05) is 13.7 Å². The van der Waals surface area contributed by atoms with Gasteiger partial charge in [0.05, 0.1) is 13.2 Å². The molecule has 0 fully saturated rings. The number of benzene rings is 2. The van der Waals surface area contributed by atoms with E-state index in [1.165, 1.54) is 12.1 Å². The normalized spacial score (nSPS) is 13.8. The molecule has 0 aliphatic heterocycles. The van der Waals surface area contributed by atoms with Crippen LogP contribution in [0.4, 0.5) is 4.39 Å². The van der Waals surface area contributed by atoms with E-state index in [-0.39, 0.29) is 17.1 Å². The van der Waals surface area contributed by atoms with Crippen molar-refractivity contribution >= 4 is 11.6 Å². The minimum absolute atomic E-state index is 0.156. The van der Waals surface area contributed by atoms with Gasteiger partial charge in [0, 0.05) is 28.6 Å². The summed E-state index contributed by atoms with van der Waals surface area (Å²) < 4.78 is 19.3. The summed E-state index contributed by atoms with van der Waals surface area (Å²) in [6.07, 6.45) is -1.08. The van der Waals surface area contributed by atoms with Crippen LogP contribution in [0.15, 0.2) is 42.5 Å². The molecule has 0 heterocycles. The third-order valence-electron chi connectivity index (χ3n) is 3.45. The summed E-state index contributed by atoms with van der Waals surface area (Å²) in [5.41, 5.74) is 6.69. The third-order valence-corrected chi connectivity index (χ3v) is 3.69. The maximum Gasteiger partial charge on any atom is 0.130 e. The molecule has 5 heteroatoms. The van der Waals surface area contributed by atoms with E-state index < -0.39 is 17.8 Å². The van der Waals surface area contributed by atoms with Gasteiger partial charge >= 0.3 is 0 Å². The number of methoxy groups -OCH3 is 1. The third kappa shape index (κ3) is 3.35. The molecule has 2 aromatic rings. The molecule has 2 aromatic carbocycles. The first kappa shape index (κ1) is 15.8. The molecule has 0 saturated carbocycles. The lowest BCUT2D eigenvalue weighted by atomic mass is 9.88. The molecule has 0 aromatic heterocycles. The molecule has 0 aliphatic carbocycles. The Kier molecular flexibility index (Phi) is 5.17. The van der Waals surface area contributed by atoms with Gasteiger partial charge in [-0.05, 0) is 18.2 Å². The molecule has 112 valence electrons. The second kappa shape index (κ2) is 6.89. The summed E-state index contributed by atoms with van der Waals surface area (Å²) >= 11 is 5.73.